The molecule has 1 atom stereocenters. The molecule has 19 heavy (non-hydrogen) atoms. The summed E-state index contributed by atoms with van der Waals surface area (Å²) in [5, 5.41) is 9.60. The number of benzene rings is 1. The Morgan fingerprint density at radius 3 is 2.42 bits per heavy atom. The van der Waals surface area contributed by atoms with Crippen molar-refractivity contribution in [1.82, 2.24) is 4.90 Å². The predicted octanol–water partition coefficient (Wildman–Crippen LogP) is 2.48. The first-order valence-corrected chi connectivity index (χ1v) is 6.24. The van der Waals surface area contributed by atoms with Crippen LogP contribution in [0.5, 0.6) is 5.75 Å². The van der Waals surface area contributed by atoms with Crippen LogP contribution in [0.3, 0.4) is 0 Å². The van der Waals surface area contributed by atoms with E-state index in [2.05, 4.69) is 0 Å². The summed E-state index contributed by atoms with van der Waals surface area (Å²) in [6.07, 6.45) is 0. The van der Waals surface area contributed by atoms with E-state index in [4.69, 9.17) is 4.74 Å². The van der Waals surface area contributed by atoms with Crippen LogP contribution in [-0.4, -0.2) is 36.2 Å². The van der Waals surface area contributed by atoms with Crippen LogP contribution < -0.4 is 4.74 Å². The van der Waals surface area contributed by atoms with Gasteiger partial charge in [0.05, 0.1) is 12.7 Å². The Labute approximate surface area is 112 Å². The Hall–Kier alpha value is -1.62. The third kappa shape index (κ3) is 2.56. The summed E-state index contributed by atoms with van der Waals surface area (Å²) in [4.78, 5) is 13.4. The van der Waals surface area contributed by atoms with Crippen LogP contribution >= 0.6 is 0 Å². The van der Waals surface area contributed by atoms with E-state index in [1.54, 1.807) is 11.0 Å². The SMILES string of the molecule is CCN(CC)C(C)(C(=O)O)c1c(F)cccc1OC. The molecule has 0 aliphatic rings. The Morgan fingerprint density at radius 1 is 1.42 bits per heavy atom. The van der Waals surface area contributed by atoms with Crippen LogP contribution in [0.4, 0.5) is 4.39 Å². The fourth-order valence-electron chi connectivity index (χ4n) is 2.40. The molecule has 0 amide bonds. The predicted molar refractivity (Wildman–Crippen MR) is 70.9 cm³/mol. The van der Waals surface area contributed by atoms with E-state index in [0.29, 0.717) is 13.1 Å². The fraction of sp³-hybridized carbons (Fsp3) is 0.500. The number of carboxylic acids is 1. The first-order chi connectivity index (χ1) is 8.93. The molecule has 0 bridgehead atoms. The van der Waals surface area contributed by atoms with Gasteiger partial charge in [-0.25, -0.2) is 9.18 Å². The van der Waals surface area contributed by atoms with Crippen LogP contribution in [0.25, 0.3) is 0 Å². The molecule has 0 aliphatic carbocycles. The minimum atomic E-state index is -1.46. The maximum Gasteiger partial charge on any atom is 0.328 e. The largest absolute Gasteiger partial charge is 0.496 e. The first-order valence-electron chi connectivity index (χ1n) is 6.24. The number of likely N-dealkylation sites (N-methyl/N-ethyl adjacent to an activating group) is 1. The number of hydrogen-bond donors (Lipinski definition) is 1. The molecule has 0 radical (unpaired) electrons. The molecule has 106 valence electrons. The number of aliphatic carboxylic acids is 1. The van der Waals surface area contributed by atoms with E-state index in [9.17, 15) is 14.3 Å². The number of carboxylic acid groups (broad SMARTS) is 1. The standard InChI is InChI=1S/C14H20FNO3/c1-5-16(6-2)14(3,13(17)18)12-10(15)8-7-9-11(12)19-4/h7-9H,5-6H2,1-4H3,(H,17,18). The zero-order valence-electron chi connectivity index (χ0n) is 11.7. The van der Waals surface area contributed by atoms with E-state index in [1.165, 1.54) is 26.2 Å². The van der Waals surface area contributed by atoms with Gasteiger partial charge in [-0.15, -0.1) is 0 Å². The minimum Gasteiger partial charge on any atom is -0.496 e. The average Bonchev–Trinajstić information content (AvgIpc) is 2.39. The van der Waals surface area contributed by atoms with Crippen LogP contribution in [0.15, 0.2) is 18.2 Å². The quantitative estimate of drug-likeness (QED) is 0.862. The molecule has 1 aromatic carbocycles. The Morgan fingerprint density at radius 2 is 2.00 bits per heavy atom. The third-order valence-electron chi connectivity index (χ3n) is 3.49. The van der Waals surface area contributed by atoms with Crippen molar-refractivity contribution in [1.29, 1.82) is 0 Å². The number of methoxy groups -OCH3 is 1. The lowest BCUT2D eigenvalue weighted by atomic mass is 9.88. The summed E-state index contributed by atoms with van der Waals surface area (Å²) in [6.45, 7) is 6.19. The van der Waals surface area contributed by atoms with Crippen LogP contribution in [0.2, 0.25) is 0 Å². The van der Waals surface area contributed by atoms with Crippen molar-refractivity contribution in [2.75, 3.05) is 20.2 Å². The summed E-state index contributed by atoms with van der Waals surface area (Å²) >= 11 is 0. The molecule has 1 rings (SSSR count). The lowest BCUT2D eigenvalue weighted by molar-refractivity contribution is -0.151. The monoisotopic (exact) mass is 269 g/mol. The Balaban J connectivity index is 3.55. The van der Waals surface area contributed by atoms with E-state index in [0.717, 1.165) is 0 Å². The summed E-state index contributed by atoms with van der Waals surface area (Å²) in [5.74, 6) is -1.42. The van der Waals surface area contributed by atoms with Crippen LogP contribution in [0.1, 0.15) is 26.3 Å². The second kappa shape index (κ2) is 6.02. The lowest BCUT2D eigenvalue weighted by Gasteiger charge is -2.37. The van der Waals surface area contributed by atoms with E-state index < -0.39 is 17.3 Å². The number of hydrogen-bond acceptors (Lipinski definition) is 3. The lowest BCUT2D eigenvalue weighted by Crippen LogP contribution is -2.50. The van der Waals surface area contributed by atoms with Crippen LogP contribution in [-0.2, 0) is 10.3 Å². The highest BCUT2D eigenvalue weighted by Crippen LogP contribution is 2.37. The summed E-state index contributed by atoms with van der Waals surface area (Å²) < 4.78 is 19.3. The molecule has 0 aromatic heterocycles. The van der Waals surface area contributed by atoms with Crippen molar-refractivity contribution < 1.29 is 19.0 Å². The summed E-state index contributed by atoms with van der Waals surface area (Å²) in [7, 11) is 1.41. The van der Waals surface area contributed by atoms with Gasteiger partial charge in [0, 0.05) is 0 Å². The van der Waals surface area contributed by atoms with Gasteiger partial charge in [-0.2, -0.15) is 0 Å². The Kier molecular flexibility index (Phi) is 4.89. The second-order valence-electron chi connectivity index (χ2n) is 4.37. The summed E-state index contributed by atoms with van der Waals surface area (Å²) in [6, 6.07) is 4.33. The number of halogens is 1. The zero-order valence-corrected chi connectivity index (χ0v) is 11.7. The Bertz CT molecular complexity index is 460. The summed E-state index contributed by atoms with van der Waals surface area (Å²) in [5.41, 5.74) is -1.39. The van der Waals surface area contributed by atoms with Gasteiger partial charge in [0.1, 0.15) is 17.1 Å². The first kappa shape index (κ1) is 15.4. The van der Waals surface area contributed by atoms with Crippen molar-refractivity contribution in [3.63, 3.8) is 0 Å². The second-order valence-corrected chi connectivity index (χ2v) is 4.37. The van der Waals surface area contributed by atoms with E-state index >= 15 is 0 Å². The van der Waals surface area contributed by atoms with Gasteiger partial charge in [0.15, 0.2) is 0 Å². The number of ether oxygens (including phenoxy) is 1. The van der Waals surface area contributed by atoms with Gasteiger partial charge in [-0.05, 0) is 32.1 Å². The number of carbonyl (C=O) groups is 1. The molecule has 1 N–H and O–H groups in total. The number of nitrogens with zero attached hydrogens (tertiary/aromatic N) is 1. The van der Waals surface area contributed by atoms with Crippen LogP contribution in [0, 0.1) is 5.82 Å². The molecule has 0 saturated heterocycles. The highest BCUT2D eigenvalue weighted by Gasteiger charge is 2.44. The average molecular weight is 269 g/mol. The minimum absolute atomic E-state index is 0.0636. The zero-order chi connectivity index (χ0) is 14.6. The maximum absolute atomic E-state index is 14.2. The molecule has 0 heterocycles. The van der Waals surface area contributed by atoms with Gasteiger partial charge in [-0.3, -0.25) is 4.90 Å². The van der Waals surface area contributed by atoms with Crippen molar-refractivity contribution in [3.05, 3.63) is 29.6 Å². The van der Waals surface area contributed by atoms with Gasteiger partial charge in [0.2, 0.25) is 0 Å². The molecule has 5 heteroatoms. The molecular formula is C14H20FNO3. The van der Waals surface area contributed by atoms with Gasteiger partial charge >= 0.3 is 5.97 Å². The highest BCUT2D eigenvalue weighted by atomic mass is 19.1. The molecule has 0 fully saturated rings. The molecular weight excluding hydrogens is 249 g/mol. The van der Waals surface area contributed by atoms with Crippen molar-refractivity contribution >= 4 is 5.97 Å². The molecule has 0 saturated carbocycles. The molecule has 0 spiro atoms. The van der Waals surface area contributed by atoms with Gasteiger partial charge in [-0.1, -0.05) is 19.9 Å². The molecule has 4 nitrogen and oxygen atoms in total. The van der Waals surface area contributed by atoms with E-state index in [1.807, 2.05) is 13.8 Å². The number of rotatable bonds is 6. The molecule has 0 aliphatic heterocycles. The highest BCUT2D eigenvalue weighted by molar-refractivity contribution is 5.81. The maximum atomic E-state index is 14.2. The van der Waals surface area contributed by atoms with E-state index in [-0.39, 0.29) is 11.3 Å². The third-order valence-corrected chi connectivity index (χ3v) is 3.49. The normalized spacial score (nSPS) is 14.2. The molecule has 1 aromatic rings. The topological polar surface area (TPSA) is 49.8 Å². The molecule has 1 unspecified atom stereocenters. The smallest absolute Gasteiger partial charge is 0.328 e. The van der Waals surface area contributed by atoms with Crippen molar-refractivity contribution in [3.8, 4) is 5.75 Å². The van der Waals surface area contributed by atoms with Crippen molar-refractivity contribution in [2.24, 2.45) is 0 Å². The van der Waals surface area contributed by atoms with Gasteiger partial charge in [0.25, 0.3) is 0 Å². The van der Waals surface area contributed by atoms with Crippen molar-refractivity contribution in [2.45, 2.75) is 26.3 Å². The fourth-order valence-corrected chi connectivity index (χ4v) is 2.40. The van der Waals surface area contributed by atoms with Gasteiger partial charge < -0.3 is 9.84 Å².